The number of benzene rings is 2. The van der Waals surface area contributed by atoms with E-state index in [0.29, 0.717) is 13.1 Å². The molecule has 0 spiro atoms. The highest BCUT2D eigenvalue weighted by Crippen LogP contribution is 2.39. The van der Waals surface area contributed by atoms with Gasteiger partial charge in [-0.15, -0.1) is 0 Å². The van der Waals surface area contributed by atoms with E-state index in [4.69, 9.17) is 14.2 Å². The Morgan fingerprint density at radius 2 is 1.55 bits per heavy atom. The lowest BCUT2D eigenvalue weighted by Gasteiger charge is -2.30. The van der Waals surface area contributed by atoms with E-state index in [1.54, 1.807) is 11.8 Å². The minimum Gasteiger partial charge on any atom is -0.464 e. The van der Waals surface area contributed by atoms with Gasteiger partial charge in [0.15, 0.2) is 6.10 Å². The maximum absolute atomic E-state index is 12.9. The highest BCUT2D eigenvalue weighted by Gasteiger charge is 2.36. The lowest BCUT2D eigenvalue weighted by Crippen LogP contribution is -2.30. The molecule has 2 aromatic rings. The standard InChI is InChI=1S/C27H35NO5/c1-8-31-25(29)24(33-27(5,6)7)23-18(3)17(2)21-14-28(15-22(21)19(23)4)26(30)32-16-20-12-10-9-11-13-20/h9-13,24H,8,14-16H2,1-7H3/t24-/m0/s1. The summed E-state index contributed by atoms with van der Waals surface area (Å²) < 4.78 is 17.1. The predicted molar refractivity (Wildman–Crippen MR) is 127 cm³/mol. The molecule has 0 saturated heterocycles. The molecule has 0 aromatic heterocycles. The minimum absolute atomic E-state index is 0.235. The SMILES string of the molecule is CCOC(=O)[C@@H](OC(C)(C)C)c1c(C)c(C)c2c(c1C)CN(C(=O)OCc1ccccc1)C2. The van der Waals surface area contributed by atoms with Gasteiger partial charge in [0.25, 0.3) is 0 Å². The fourth-order valence-electron chi connectivity index (χ4n) is 4.32. The fraction of sp³-hybridized carbons (Fsp3) is 0.481. The number of carbonyl (C=O) groups excluding carboxylic acids is 2. The minimum atomic E-state index is -0.826. The predicted octanol–water partition coefficient (Wildman–Crippen LogP) is 5.68. The van der Waals surface area contributed by atoms with Gasteiger partial charge in [-0.3, -0.25) is 4.90 Å². The van der Waals surface area contributed by atoms with Crippen LogP contribution in [0.4, 0.5) is 4.79 Å². The Hall–Kier alpha value is -2.86. The molecule has 6 heteroatoms. The van der Waals surface area contributed by atoms with E-state index in [1.165, 1.54) is 0 Å². The van der Waals surface area contributed by atoms with Crippen molar-refractivity contribution in [3.8, 4) is 0 Å². The van der Waals surface area contributed by atoms with Gasteiger partial charge in [-0.05, 0) is 87.4 Å². The van der Waals surface area contributed by atoms with Crippen LogP contribution in [0.1, 0.15) is 72.7 Å². The summed E-state index contributed by atoms with van der Waals surface area (Å²) in [6.07, 6.45) is -1.17. The number of ether oxygens (including phenoxy) is 3. The molecule has 2 aromatic carbocycles. The van der Waals surface area contributed by atoms with Crippen LogP contribution in [0.5, 0.6) is 0 Å². The van der Waals surface area contributed by atoms with Crippen LogP contribution in [-0.2, 0) is 38.7 Å². The van der Waals surface area contributed by atoms with Crippen LogP contribution < -0.4 is 0 Å². The van der Waals surface area contributed by atoms with E-state index in [9.17, 15) is 9.59 Å². The zero-order valence-electron chi connectivity index (χ0n) is 20.8. The van der Waals surface area contributed by atoms with Gasteiger partial charge in [0.2, 0.25) is 0 Å². The Bertz CT molecular complexity index is 1020. The summed E-state index contributed by atoms with van der Waals surface area (Å²) in [5.41, 5.74) is 6.44. The molecule has 0 fully saturated rings. The van der Waals surface area contributed by atoms with E-state index in [0.717, 1.165) is 38.9 Å². The monoisotopic (exact) mass is 453 g/mol. The third kappa shape index (κ3) is 5.56. The average molecular weight is 454 g/mol. The average Bonchev–Trinajstić information content (AvgIpc) is 3.21. The molecule has 0 aliphatic carbocycles. The highest BCUT2D eigenvalue weighted by molar-refractivity contribution is 5.79. The first-order valence-electron chi connectivity index (χ1n) is 11.4. The molecule has 1 atom stereocenters. The van der Waals surface area contributed by atoms with Crippen molar-refractivity contribution < 1.29 is 23.8 Å². The quantitative estimate of drug-likeness (QED) is 0.526. The number of carbonyl (C=O) groups is 2. The molecule has 6 nitrogen and oxygen atoms in total. The number of nitrogens with zero attached hydrogens (tertiary/aromatic N) is 1. The summed E-state index contributed by atoms with van der Waals surface area (Å²) in [4.78, 5) is 27.4. The number of rotatable bonds is 6. The van der Waals surface area contributed by atoms with E-state index in [1.807, 2.05) is 71.9 Å². The second kappa shape index (κ2) is 9.96. The Balaban J connectivity index is 1.89. The molecule has 0 N–H and O–H groups in total. The summed E-state index contributed by atoms with van der Waals surface area (Å²) in [6.45, 7) is 15.1. The number of esters is 1. The van der Waals surface area contributed by atoms with E-state index >= 15 is 0 Å². The van der Waals surface area contributed by atoms with Gasteiger partial charge in [0.1, 0.15) is 6.61 Å². The Kier molecular flexibility index (Phi) is 7.48. The molecule has 3 rings (SSSR count). The molecule has 1 amide bonds. The van der Waals surface area contributed by atoms with Gasteiger partial charge in [-0.25, -0.2) is 9.59 Å². The molecular weight excluding hydrogens is 418 g/mol. The van der Waals surface area contributed by atoms with Crippen LogP contribution in [0.2, 0.25) is 0 Å². The molecule has 1 aliphatic heterocycles. The number of hydrogen-bond acceptors (Lipinski definition) is 5. The summed E-state index contributed by atoms with van der Waals surface area (Å²) in [6, 6.07) is 9.64. The first-order valence-corrected chi connectivity index (χ1v) is 11.4. The molecule has 0 bridgehead atoms. The van der Waals surface area contributed by atoms with Crippen LogP contribution in [-0.4, -0.2) is 29.2 Å². The molecule has 33 heavy (non-hydrogen) atoms. The fourth-order valence-corrected chi connectivity index (χ4v) is 4.32. The smallest absolute Gasteiger partial charge is 0.410 e. The normalized spacial score (nSPS) is 14.1. The van der Waals surface area contributed by atoms with Crippen molar-refractivity contribution in [2.75, 3.05) is 6.61 Å². The Morgan fingerprint density at radius 1 is 0.939 bits per heavy atom. The van der Waals surface area contributed by atoms with Gasteiger partial charge < -0.3 is 14.2 Å². The maximum Gasteiger partial charge on any atom is 0.410 e. The second-order valence-corrected chi connectivity index (χ2v) is 9.50. The van der Waals surface area contributed by atoms with Crippen molar-refractivity contribution in [1.29, 1.82) is 0 Å². The number of amides is 1. The zero-order valence-corrected chi connectivity index (χ0v) is 20.8. The van der Waals surface area contributed by atoms with Crippen molar-refractivity contribution in [2.24, 2.45) is 0 Å². The first-order chi connectivity index (χ1) is 15.5. The molecule has 178 valence electrons. The van der Waals surface area contributed by atoms with Crippen molar-refractivity contribution in [3.05, 3.63) is 69.3 Å². The summed E-state index contributed by atoms with van der Waals surface area (Å²) in [5.74, 6) is -0.393. The van der Waals surface area contributed by atoms with Crippen molar-refractivity contribution in [1.82, 2.24) is 4.90 Å². The maximum atomic E-state index is 12.9. The van der Waals surface area contributed by atoms with Crippen LogP contribution >= 0.6 is 0 Å². The molecule has 1 heterocycles. The third-order valence-corrected chi connectivity index (χ3v) is 6.04. The van der Waals surface area contributed by atoms with E-state index in [-0.39, 0.29) is 19.3 Å². The molecule has 0 unspecified atom stereocenters. The summed E-state index contributed by atoms with van der Waals surface area (Å²) >= 11 is 0. The Morgan fingerprint density at radius 3 is 2.12 bits per heavy atom. The molecule has 1 aliphatic rings. The van der Waals surface area contributed by atoms with Crippen LogP contribution in [0.15, 0.2) is 30.3 Å². The van der Waals surface area contributed by atoms with Gasteiger partial charge >= 0.3 is 12.1 Å². The molecule has 0 saturated carbocycles. The molecule has 0 radical (unpaired) electrons. The first kappa shape index (κ1) is 24.8. The lowest BCUT2D eigenvalue weighted by molar-refractivity contribution is -0.167. The van der Waals surface area contributed by atoms with Gasteiger partial charge in [-0.2, -0.15) is 0 Å². The van der Waals surface area contributed by atoms with Gasteiger partial charge in [0.05, 0.1) is 12.2 Å². The summed E-state index contributed by atoms with van der Waals surface area (Å²) in [5, 5.41) is 0. The topological polar surface area (TPSA) is 65.1 Å². The largest absolute Gasteiger partial charge is 0.464 e. The second-order valence-electron chi connectivity index (χ2n) is 9.50. The summed E-state index contributed by atoms with van der Waals surface area (Å²) in [7, 11) is 0. The van der Waals surface area contributed by atoms with Crippen LogP contribution in [0.3, 0.4) is 0 Å². The van der Waals surface area contributed by atoms with E-state index < -0.39 is 17.7 Å². The van der Waals surface area contributed by atoms with Gasteiger partial charge in [0, 0.05) is 13.1 Å². The Labute approximate surface area is 196 Å². The zero-order chi connectivity index (χ0) is 24.3. The molecular formula is C27H35NO5. The van der Waals surface area contributed by atoms with Crippen molar-refractivity contribution >= 4 is 12.1 Å². The van der Waals surface area contributed by atoms with Crippen molar-refractivity contribution in [2.45, 2.75) is 79.9 Å². The highest BCUT2D eigenvalue weighted by atomic mass is 16.6. The van der Waals surface area contributed by atoms with Gasteiger partial charge in [-0.1, -0.05) is 30.3 Å². The lowest BCUT2D eigenvalue weighted by atomic mass is 9.87. The van der Waals surface area contributed by atoms with Crippen molar-refractivity contribution in [3.63, 3.8) is 0 Å². The van der Waals surface area contributed by atoms with Crippen LogP contribution in [0.25, 0.3) is 0 Å². The van der Waals surface area contributed by atoms with E-state index in [2.05, 4.69) is 0 Å². The van der Waals surface area contributed by atoms with Crippen LogP contribution in [0, 0.1) is 20.8 Å². The number of hydrogen-bond donors (Lipinski definition) is 0. The third-order valence-electron chi connectivity index (χ3n) is 6.04. The number of fused-ring (bicyclic) bond motifs is 1.